The topological polar surface area (TPSA) is 92.2 Å². The van der Waals surface area contributed by atoms with Crippen LogP contribution in [-0.4, -0.2) is 26.3 Å². The maximum absolute atomic E-state index is 12.8. The minimum absolute atomic E-state index is 0.0596. The number of benzene rings is 1. The predicted molar refractivity (Wildman–Crippen MR) is 83.8 cm³/mol. The number of carbonyl (C=O) groups excluding carboxylic acids is 1. The van der Waals surface area contributed by atoms with E-state index >= 15 is 0 Å². The minimum atomic E-state index is -0.864. The SMILES string of the molecule is O=C(O)CCCCC(=O)Nc1nsc(Cc2ccc(F)cc2)n1. The third-order valence-electron chi connectivity index (χ3n) is 3.03. The number of hydrogen-bond donors (Lipinski definition) is 2. The Bertz CT molecular complexity index is 673. The maximum Gasteiger partial charge on any atom is 0.303 e. The summed E-state index contributed by atoms with van der Waals surface area (Å²) in [6, 6.07) is 6.13. The number of carbonyl (C=O) groups is 2. The Labute approximate surface area is 136 Å². The molecule has 0 saturated carbocycles. The number of carboxylic acid groups (broad SMARTS) is 1. The summed E-state index contributed by atoms with van der Waals surface area (Å²) in [5.74, 6) is -1.14. The van der Waals surface area contributed by atoms with Gasteiger partial charge in [-0.2, -0.15) is 4.37 Å². The van der Waals surface area contributed by atoms with Crippen molar-refractivity contribution in [3.05, 3.63) is 40.7 Å². The summed E-state index contributed by atoms with van der Waals surface area (Å²) >= 11 is 1.18. The van der Waals surface area contributed by atoms with Gasteiger partial charge < -0.3 is 5.11 Å². The Morgan fingerprint density at radius 3 is 2.57 bits per heavy atom. The molecule has 0 radical (unpaired) electrons. The molecule has 0 bridgehead atoms. The van der Waals surface area contributed by atoms with Gasteiger partial charge in [0.25, 0.3) is 0 Å². The first-order chi connectivity index (χ1) is 11.0. The third kappa shape index (κ3) is 6.11. The number of halogens is 1. The van der Waals surface area contributed by atoms with Crippen LogP contribution >= 0.6 is 11.5 Å². The molecule has 1 aromatic heterocycles. The molecule has 122 valence electrons. The largest absolute Gasteiger partial charge is 0.481 e. The van der Waals surface area contributed by atoms with Crippen LogP contribution in [0, 0.1) is 5.82 Å². The first-order valence-corrected chi connectivity index (χ1v) is 7.89. The highest BCUT2D eigenvalue weighted by Crippen LogP contribution is 2.15. The van der Waals surface area contributed by atoms with Crippen molar-refractivity contribution in [2.45, 2.75) is 32.1 Å². The number of carboxylic acids is 1. The molecule has 2 rings (SSSR count). The van der Waals surface area contributed by atoms with E-state index in [-0.39, 0.29) is 30.5 Å². The number of amides is 1. The molecule has 0 saturated heterocycles. The van der Waals surface area contributed by atoms with Gasteiger partial charge in [-0.15, -0.1) is 0 Å². The highest BCUT2D eigenvalue weighted by atomic mass is 32.1. The normalized spacial score (nSPS) is 10.5. The van der Waals surface area contributed by atoms with E-state index in [4.69, 9.17) is 5.11 Å². The summed E-state index contributed by atoms with van der Waals surface area (Å²) in [4.78, 5) is 26.3. The molecule has 0 atom stereocenters. The fourth-order valence-electron chi connectivity index (χ4n) is 1.90. The van der Waals surface area contributed by atoms with Crippen LogP contribution in [0.2, 0.25) is 0 Å². The molecule has 1 heterocycles. The first kappa shape index (κ1) is 17.0. The number of aliphatic carboxylic acids is 1. The molecule has 0 unspecified atom stereocenters. The molecule has 1 amide bonds. The number of unbranched alkanes of at least 4 members (excludes halogenated alkanes) is 1. The molecule has 8 heteroatoms. The van der Waals surface area contributed by atoms with Crippen molar-refractivity contribution in [2.24, 2.45) is 0 Å². The highest BCUT2D eigenvalue weighted by Gasteiger charge is 2.09. The van der Waals surface area contributed by atoms with Crippen LogP contribution in [0.25, 0.3) is 0 Å². The number of aromatic nitrogens is 2. The zero-order valence-corrected chi connectivity index (χ0v) is 13.1. The molecule has 1 aromatic carbocycles. The van der Waals surface area contributed by atoms with Crippen LogP contribution in [0.15, 0.2) is 24.3 Å². The second-order valence-corrected chi connectivity index (χ2v) is 5.80. The number of nitrogens with zero attached hydrogens (tertiary/aromatic N) is 2. The van der Waals surface area contributed by atoms with Crippen molar-refractivity contribution >= 4 is 29.4 Å². The summed E-state index contributed by atoms with van der Waals surface area (Å²) < 4.78 is 16.9. The fraction of sp³-hybridized carbons (Fsp3) is 0.333. The molecule has 2 aromatic rings. The highest BCUT2D eigenvalue weighted by molar-refractivity contribution is 7.05. The number of hydrogen-bond acceptors (Lipinski definition) is 5. The molecule has 0 aliphatic rings. The molecule has 0 aliphatic carbocycles. The van der Waals surface area contributed by atoms with E-state index in [1.165, 1.54) is 23.7 Å². The van der Waals surface area contributed by atoms with E-state index in [2.05, 4.69) is 14.7 Å². The zero-order chi connectivity index (χ0) is 16.7. The lowest BCUT2D eigenvalue weighted by Gasteiger charge is -2.00. The number of nitrogens with one attached hydrogen (secondary N) is 1. The van der Waals surface area contributed by atoms with E-state index in [1.807, 2.05) is 0 Å². The van der Waals surface area contributed by atoms with Gasteiger partial charge >= 0.3 is 5.97 Å². The number of rotatable bonds is 8. The summed E-state index contributed by atoms with van der Waals surface area (Å²) in [6.45, 7) is 0. The van der Waals surface area contributed by atoms with Gasteiger partial charge in [-0.25, -0.2) is 9.37 Å². The van der Waals surface area contributed by atoms with E-state index in [1.54, 1.807) is 12.1 Å². The summed E-state index contributed by atoms with van der Waals surface area (Å²) in [5, 5.41) is 11.8. The Kier molecular flexibility index (Phi) is 6.16. The molecule has 23 heavy (non-hydrogen) atoms. The van der Waals surface area contributed by atoms with Crippen molar-refractivity contribution in [1.29, 1.82) is 0 Å². The van der Waals surface area contributed by atoms with Crippen LogP contribution in [0.5, 0.6) is 0 Å². The molecule has 2 N–H and O–H groups in total. The standard InChI is InChI=1S/C15H16FN3O3S/c16-11-7-5-10(6-8-11)9-13-18-15(19-23-13)17-12(20)3-1-2-4-14(21)22/h5-8H,1-4,9H2,(H,21,22)(H,17,19,20). The average Bonchev–Trinajstić information content (AvgIpc) is 2.93. The lowest BCUT2D eigenvalue weighted by atomic mass is 10.1. The van der Waals surface area contributed by atoms with E-state index in [0.29, 0.717) is 19.3 Å². The van der Waals surface area contributed by atoms with Crippen LogP contribution in [0.1, 0.15) is 36.3 Å². The monoisotopic (exact) mass is 337 g/mol. The quantitative estimate of drug-likeness (QED) is 0.723. The molecule has 0 fully saturated rings. The van der Waals surface area contributed by atoms with Gasteiger partial charge in [-0.1, -0.05) is 12.1 Å². The van der Waals surface area contributed by atoms with Crippen LogP contribution < -0.4 is 5.32 Å². The van der Waals surface area contributed by atoms with E-state index in [9.17, 15) is 14.0 Å². The second-order valence-electron chi connectivity index (χ2n) is 4.96. The molecule has 0 aliphatic heterocycles. The van der Waals surface area contributed by atoms with Crippen LogP contribution in [0.3, 0.4) is 0 Å². The summed E-state index contributed by atoms with van der Waals surface area (Å²) in [6.07, 6.45) is 1.78. The van der Waals surface area contributed by atoms with Crippen LogP contribution in [-0.2, 0) is 16.0 Å². The average molecular weight is 337 g/mol. The van der Waals surface area contributed by atoms with Crippen LogP contribution in [0.4, 0.5) is 10.3 Å². The third-order valence-corrected chi connectivity index (χ3v) is 3.74. The Hall–Kier alpha value is -2.35. The van der Waals surface area contributed by atoms with Gasteiger partial charge in [0.2, 0.25) is 11.9 Å². The predicted octanol–water partition coefficient (Wildman–Crippen LogP) is 2.85. The molecular weight excluding hydrogens is 321 g/mol. The Morgan fingerprint density at radius 1 is 1.17 bits per heavy atom. The Balaban J connectivity index is 1.78. The fourth-order valence-corrected chi connectivity index (χ4v) is 2.54. The van der Waals surface area contributed by atoms with E-state index in [0.717, 1.165) is 10.6 Å². The van der Waals surface area contributed by atoms with Crippen molar-refractivity contribution < 1.29 is 19.1 Å². The van der Waals surface area contributed by atoms with E-state index < -0.39 is 5.97 Å². The van der Waals surface area contributed by atoms with Gasteiger partial charge in [0, 0.05) is 19.3 Å². The molecule has 0 spiro atoms. The van der Waals surface area contributed by atoms with Gasteiger partial charge in [-0.05, 0) is 42.1 Å². The number of anilines is 1. The van der Waals surface area contributed by atoms with Gasteiger partial charge in [-0.3, -0.25) is 14.9 Å². The van der Waals surface area contributed by atoms with Gasteiger partial charge in [0.15, 0.2) is 0 Å². The smallest absolute Gasteiger partial charge is 0.303 e. The second kappa shape index (κ2) is 8.33. The van der Waals surface area contributed by atoms with Gasteiger partial charge in [0.1, 0.15) is 10.8 Å². The lowest BCUT2D eigenvalue weighted by Crippen LogP contribution is -2.12. The Morgan fingerprint density at radius 2 is 1.87 bits per heavy atom. The zero-order valence-electron chi connectivity index (χ0n) is 12.3. The van der Waals surface area contributed by atoms with Gasteiger partial charge in [0.05, 0.1) is 0 Å². The minimum Gasteiger partial charge on any atom is -0.481 e. The van der Waals surface area contributed by atoms with Crippen molar-refractivity contribution in [2.75, 3.05) is 5.32 Å². The van der Waals surface area contributed by atoms with Crippen molar-refractivity contribution in [1.82, 2.24) is 9.36 Å². The molecular formula is C15H16FN3O3S. The summed E-state index contributed by atoms with van der Waals surface area (Å²) in [5.41, 5.74) is 0.911. The summed E-state index contributed by atoms with van der Waals surface area (Å²) in [7, 11) is 0. The first-order valence-electron chi connectivity index (χ1n) is 7.11. The molecule has 6 nitrogen and oxygen atoms in total. The lowest BCUT2D eigenvalue weighted by molar-refractivity contribution is -0.137. The van der Waals surface area contributed by atoms with Crippen molar-refractivity contribution in [3.8, 4) is 0 Å². The maximum atomic E-state index is 12.8. The van der Waals surface area contributed by atoms with Crippen molar-refractivity contribution in [3.63, 3.8) is 0 Å².